The normalized spacial score (nSPS) is 20.7. The Morgan fingerprint density at radius 3 is 2.00 bits per heavy atom. The molecule has 0 bridgehead atoms. The SMILES string of the molecule is C[SiH](C)OC#CC(C)(C1CCC1)C(C)(C)C. The van der Waals surface area contributed by atoms with Crippen molar-refractivity contribution in [1.29, 1.82) is 0 Å². The first-order valence-corrected chi connectivity index (χ1v) is 9.23. The third-order valence-electron chi connectivity index (χ3n) is 4.09. The van der Waals surface area contributed by atoms with Crippen molar-refractivity contribution >= 4 is 9.04 Å². The smallest absolute Gasteiger partial charge is 0.244 e. The summed E-state index contributed by atoms with van der Waals surface area (Å²) in [5, 5.41) is 0. The van der Waals surface area contributed by atoms with Gasteiger partial charge in [-0.3, -0.25) is 0 Å². The van der Waals surface area contributed by atoms with Gasteiger partial charge >= 0.3 is 0 Å². The topological polar surface area (TPSA) is 9.23 Å². The molecule has 2 heteroatoms. The highest BCUT2D eigenvalue weighted by Crippen LogP contribution is 2.51. The second-order valence-electron chi connectivity index (χ2n) is 6.47. The Morgan fingerprint density at radius 1 is 1.12 bits per heavy atom. The van der Waals surface area contributed by atoms with E-state index in [4.69, 9.17) is 4.43 Å². The molecular formula is C14H26OSi. The summed E-state index contributed by atoms with van der Waals surface area (Å²) in [5.41, 5.74) is 0.335. The van der Waals surface area contributed by atoms with E-state index in [2.05, 4.69) is 52.8 Å². The van der Waals surface area contributed by atoms with Crippen molar-refractivity contribution in [1.82, 2.24) is 0 Å². The first-order valence-electron chi connectivity index (χ1n) is 6.45. The van der Waals surface area contributed by atoms with E-state index in [1.807, 2.05) is 0 Å². The zero-order chi connectivity index (χ0) is 12.4. The van der Waals surface area contributed by atoms with Gasteiger partial charge in [-0.25, -0.2) is 0 Å². The van der Waals surface area contributed by atoms with Crippen LogP contribution in [0.15, 0.2) is 0 Å². The van der Waals surface area contributed by atoms with Gasteiger partial charge in [0.25, 0.3) is 0 Å². The molecule has 1 fully saturated rings. The third kappa shape index (κ3) is 2.82. The second kappa shape index (κ2) is 4.83. The highest BCUT2D eigenvalue weighted by atomic mass is 28.3. The van der Waals surface area contributed by atoms with E-state index >= 15 is 0 Å². The lowest BCUT2D eigenvalue weighted by Gasteiger charge is -2.47. The van der Waals surface area contributed by atoms with Crippen LogP contribution in [0.3, 0.4) is 0 Å². The lowest BCUT2D eigenvalue weighted by molar-refractivity contribution is 0.0470. The Balaban J connectivity index is 2.81. The molecule has 1 unspecified atom stereocenters. The molecule has 0 amide bonds. The molecule has 0 heterocycles. The van der Waals surface area contributed by atoms with Gasteiger partial charge in [0.2, 0.25) is 9.04 Å². The maximum Gasteiger partial charge on any atom is 0.244 e. The molecule has 0 aromatic rings. The summed E-state index contributed by atoms with van der Waals surface area (Å²) in [7, 11) is -1.01. The average molecular weight is 238 g/mol. The molecule has 1 atom stereocenters. The summed E-state index contributed by atoms with van der Waals surface area (Å²) < 4.78 is 5.53. The van der Waals surface area contributed by atoms with Gasteiger partial charge in [-0.15, -0.1) is 0 Å². The van der Waals surface area contributed by atoms with Gasteiger partial charge < -0.3 is 4.43 Å². The van der Waals surface area contributed by atoms with Crippen molar-refractivity contribution in [3.8, 4) is 12.0 Å². The Labute approximate surface area is 103 Å². The van der Waals surface area contributed by atoms with E-state index in [0.717, 1.165) is 5.92 Å². The van der Waals surface area contributed by atoms with Crippen molar-refractivity contribution < 1.29 is 4.43 Å². The Kier molecular flexibility index (Phi) is 4.12. The van der Waals surface area contributed by atoms with Crippen LogP contribution in [0.25, 0.3) is 0 Å². The van der Waals surface area contributed by atoms with Gasteiger partial charge in [-0.1, -0.05) is 33.1 Å². The molecule has 0 saturated heterocycles. The molecule has 1 rings (SSSR count). The largest absolute Gasteiger partial charge is 0.505 e. The van der Waals surface area contributed by atoms with Crippen LogP contribution in [0.4, 0.5) is 0 Å². The summed E-state index contributed by atoms with van der Waals surface area (Å²) in [6.45, 7) is 13.5. The lowest BCUT2D eigenvalue weighted by Crippen LogP contribution is -2.41. The maximum atomic E-state index is 5.53. The van der Waals surface area contributed by atoms with E-state index in [1.165, 1.54) is 19.3 Å². The van der Waals surface area contributed by atoms with Gasteiger partial charge in [0.1, 0.15) is 0 Å². The lowest BCUT2D eigenvalue weighted by atomic mass is 9.56. The third-order valence-corrected chi connectivity index (χ3v) is 4.67. The summed E-state index contributed by atoms with van der Waals surface area (Å²) in [6, 6.07) is 0. The molecule has 0 N–H and O–H groups in total. The van der Waals surface area contributed by atoms with E-state index in [1.54, 1.807) is 0 Å². The summed E-state index contributed by atoms with van der Waals surface area (Å²) in [5.74, 6) is 4.19. The molecule has 0 spiro atoms. The van der Waals surface area contributed by atoms with E-state index in [0.29, 0.717) is 0 Å². The zero-order valence-corrected chi connectivity index (χ0v) is 12.8. The number of hydrogen-bond acceptors (Lipinski definition) is 1. The molecule has 16 heavy (non-hydrogen) atoms. The van der Waals surface area contributed by atoms with Gasteiger partial charge in [-0.05, 0) is 44.2 Å². The van der Waals surface area contributed by atoms with Gasteiger partial charge in [0.05, 0.1) is 6.11 Å². The average Bonchev–Trinajstić information content (AvgIpc) is 1.97. The first kappa shape index (κ1) is 13.6. The number of rotatable bonds is 2. The van der Waals surface area contributed by atoms with Crippen LogP contribution in [0.2, 0.25) is 13.1 Å². The van der Waals surface area contributed by atoms with E-state index in [9.17, 15) is 0 Å². The predicted octanol–water partition coefficient (Wildman–Crippen LogP) is 3.80. The minimum absolute atomic E-state index is 0.106. The predicted molar refractivity (Wildman–Crippen MR) is 72.6 cm³/mol. The molecule has 1 aliphatic carbocycles. The molecule has 1 aliphatic rings. The molecule has 0 aromatic heterocycles. The summed E-state index contributed by atoms with van der Waals surface area (Å²) >= 11 is 0. The quantitative estimate of drug-likeness (QED) is 0.525. The fourth-order valence-corrected chi connectivity index (χ4v) is 2.44. The maximum absolute atomic E-state index is 5.53. The Bertz CT molecular complexity index is 288. The molecule has 0 radical (unpaired) electrons. The Morgan fingerprint density at radius 2 is 1.69 bits per heavy atom. The van der Waals surface area contributed by atoms with Gasteiger partial charge in [-0.2, -0.15) is 0 Å². The van der Waals surface area contributed by atoms with Crippen LogP contribution in [-0.4, -0.2) is 9.04 Å². The van der Waals surface area contributed by atoms with Gasteiger partial charge in [0, 0.05) is 5.41 Å². The van der Waals surface area contributed by atoms with Crippen LogP contribution < -0.4 is 0 Å². The van der Waals surface area contributed by atoms with Crippen molar-refractivity contribution in [2.75, 3.05) is 0 Å². The van der Waals surface area contributed by atoms with Crippen LogP contribution in [-0.2, 0) is 4.43 Å². The standard InChI is InChI=1S/C14H26OSi/c1-13(2,3)14(4,12-8-7-9-12)10-11-15-16(5)6/h12,16H,7-9H2,1-6H3. The van der Waals surface area contributed by atoms with Crippen molar-refractivity contribution in [2.45, 2.75) is 60.1 Å². The fourth-order valence-electron chi connectivity index (χ4n) is 2.14. The first-order chi connectivity index (χ1) is 7.27. The Hall–Kier alpha value is -0.423. The summed E-state index contributed by atoms with van der Waals surface area (Å²) in [4.78, 5) is 0. The van der Waals surface area contributed by atoms with Gasteiger partial charge in [0.15, 0.2) is 0 Å². The molecule has 1 nitrogen and oxygen atoms in total. The van der Waals surface area contributed by atoms with E-state index in [-0.39, 0.29) is 10.8 Å². The number of hydrogen-bond donors (Lipinski definition) is 0. The minimum atomic E-state index is -1.01. The van der Waals surface area contributed by atoms with Crippen molar-refractivity contribution in [3.63, 3.8) is 0 Å². The van der Waals surface area contributed by atoms with Crippen LogP contribution in [0.1, 0.15) is 47.0 Å². The highest BCUT2D eigenvalue weighted by Gasteiger charge is 2.45. The second-order valence-corrected chi connectivity index (χ2v) is 8.81. The highest BCUT2D eigenvalue weighted by molar-refractivity contribution is 6.48. The molecule has 0 aromatic carbocycles. The van der Waals surface area contributed by atoms with Crippen LogP contribution >= 0.6 is 0 Å². The molecule has 92 valence electrons. The zero-order valence-electron chi connectivity index (χ0n) is 11.7. The fraction of sp³-hybridized carbons (Fsp3) is 0.857. The van der Waals surface area contributed by atoms with Crippen molar-refractivity contribution in [3.05, 3.63) is 0 Å². The van der Waals surface area contributed by atoms with Crippen LogP contribution in [0, 0.1) is 28.8 Å². The van der Waals surface area contributed by atoms with Crippen molar-refractivity contribution in [2.24, 2.45) is 16.7 Å². The minimum Gasteiger partial charge on any atom is -0.505 e. The van der Waals surface area contributed by atoms with Crippen LogP contribution in [0.5, 0.6) is 0 Å². The monoisotopic (exact) mass is 238 g/mol. The molecule has 0 aliphatic heterocycles. The van der Waals surface area contributed by atoms with E-state index < -0.39 is 9.04 Å². The molecule has 1 saturated carbocycles. The summed E-state index contributed by atoms with van der Waals surface area (Å²) in [6.07, 6.45) is 7.04. The molecular weight excluding hydrogens is 212 g/mol.